The third-order valence-corrected chi connectivity index (χ3v) is 4.05. The van der Waals surface area contributed by atoms with E-state index in [1.165, 1.54) is 0 Å². The van der Waals surface area contributed by atoms with E-state index < -0.39 is 5.41 Å². The standard InChI is InChI=1S/C15H18N2O2/c1-15(2)11-8-9(13(18)16-10-5-6-10)4-7-12(11)17(3)14(15)19/h4,7-8,10H,5-6H2,1-3H3,(H,16,18). The van der Waals surface area contributed by atoms with E-state index in [1.54, 1.807) is 18.0 Å². The van der Waals surface area contributed by atoms with Crippen molar-refractivity contribution in [3.8, 4) is 0 Å². The van der Waals surface area contributed by atoms with Gasteiger partial charge in [-0.25, -0.2) is 0 Å². The van der Waals surface area contributed by atoms with Crippen LogP contribution in [-0.2, 0) is 10.2 Å². The molecule has 4 heteroatoms. The van der Waals surface area contributed by atoms with E-state index >= 15 is 0 Å². The Kier molecular flexibility index (Phi) is 2.46. The van der Waals surface area contributed by atoms with Gasteiger partial charge >= 0.3 is 0 Å². The van der Waals surface area contributed by atoms with Crippen LogP contribution in [0, 0.1) is 0 Å². The summed E-state index contributed by atoms with van der Waals surface area (Å²) in [6.45, 7) is 3.81. The molecule has 0 aromatic heterocycles. The van der Waals surface area contributed by atoms with Gasteiger partial charge in [-0.2, -0.15) is 0 Å². The third-order valence-electron chi connectivity index (χ3n) is 4.05. The summed E-state index contributed by atoms with van der Waals surface area (Å²) in [7, 11) is 1.78. The number of hydrogen-bond donors (Lipinski definition) is 1. The lowest BCUT2D eigenvalue weighted by Gasteiger charge is -2.16. The number of likely N-dealkylation sites (N-methyl/N-ethyl adjacent to an activating group) is 1. The summed E-state index contributed by atoms with van der Waals surface area (Å²) in [6.07, 6.45) is 2.15. The largest absolute Gasteiger partial charge is 0.349 e. The van der Waals surface area contributed by atoms with Gasteiger partial charge in [0.15, 0.2) is 0 Å². The number of fused-ring (bicyclic) bond motifs is 1. The highest BCUT2D eigenvalue weighted by Crippen LogP contribution is 2.41. The van der Waals surface area contributed by atoms with Crippen LogP contribution >= 0.6 is 0 Å². The molecule has 1 N–H and O–H groups in total. The smallest absolute Gasteiger partial charge is 0.251 e. The first-order chi connectivity index (χ1) is 8.91. The van der Waals surface area contributed by atoms with Crippen molar-refractivity contribution >= 4 is 17.5 Å². The fourth-order valence-corrected chi connectivity index (χ4v) is 2.61. The van der Waals surface area contributed by atoms with Crippen LogP contribution in [0.2, 0.25) is 0 Å². The molecular formula is C15H18N2O2. The maximum Gasteiger partial charge on any atom is 0.251 e. The molecule has 100 valence electrons. The highest BCUT2D eigenvalue weighted by Gasteiger charge is 2.42. The van der Waals surface area contributed by atoms with Crippen LogP contribution in [0.15, 0.2) is 18.2 Å². The zero-order valence-electron chi connectivity index (χ0n) is 11.5. The topological polar surface area (TPSA) is 49.4 Å². The van der Waals surface area contributed by atoms with Gasteiger partial charge < -0.3 is 10.2 Å². The summed E-state index contributed by atoms with van der Waals surface area (Å²) < 4.78 is 0. The fourth-order valence-electron chi connectivity index (χ4n) is 2.61. The van der Waals surface area contributed by atoms with Crippen LogP contribution in [0.3, 0.4) is 0 Å². The monoisotopic (exact) mass is 258 g/mol. The minimum absolute atomic E-state index is 0.0388. The number of benzene rings is 1. The number of hydrogen-bond acceptors (Lipinski definition) is 2. The van der Waals surface area contributed by atoms with Gasteiger partial charge in [0.1, 0.15) is 0 Å². The second kappa shape index (κ2) is 3.83. The van der Waals surface area contributed by atoms with E-state index in [1.807, 2.05) is 26.0 Å². The van der Waals surface area contributed by atoms with Gasteiger partial charge in [-0.05, 0) is 50.5 Å². The van der Waals surface area contributed by atoms with Gasteiger partial charge in [0, 0.05) is 24.3 Å². The third kappa shape index (κ3) is 1.82. The van der Waals surface area contributed by atoms with Crippen molar-refractivity contribution in [2.75, 3.05) is 11.9 Å². The summed E-state index contributed by atoms with van der Waals surface area (Å²) in [4.78, 5) is 25.9. The van der Waals surface area contributed by atoms with Crippen LogP contribution < -0.4 is 10.2 Å². The van der Waals surface area contributed by atoms with E-state index in [0.29, 0.717) is 11.6 Å². The Labute approximate surface area is 112 Å². The number of nitrogens with one attached hydrogen (secondary N) is 1. The summed E-state index contributed by atoms with van der Waals surface area (Å²) in [5.74, 6) is 0.0327. The normalized spacial score (nSPS) is 20.4. The molecule has 1 aliphatic heterocycles. The molecule has 1 heterocycles. The molecule has 0 saturated heterocycles. The Morgan fingerprint density at radius 2 is 2.05 bits per heavy atom. The SMILES string of the molecule is CN1C(=O)C(C)(C)c2cc(C(=O)NC3CC3)ccc21. The fraction of sp³-hybridized carbons (Fsp3) is 0.467. The molecule has 0 spiro atoms. The zero-order chi connectivity index (χ0) is 13.8. The van der Waals surface area contributed by atoms with Gasteiger partial charge in [0.25, 0.3) is 5.91 Å². The number of carbonyl (C=O) groups is 2. The van der Waals surface area contributed by atoms with Crippen LogP contribution in [0.1, 0.15) is 42.6 Å². The Balaban J connectivity index is 1.97. The lowest BCUT2D eigenvalue weighted by molar-refractivity contribution is -0.121. The van der Waals surface area contributed by atoms with Crippen molar-refractivity contribution in [3.63, 3.8) is 0 Å². The van der Waals surface area contributed by atoms with Crippen LogP contribution in [0.4, 0.5) is 5.69 Å². The minimum Gasteiger partial charge on any atom is -0.349 e. The predicted octanol–water partition coefficient (Wildman–Crippen LogP) is 1.83. The Hall–Kier alpha value is -1.84. The average molecular weight is 258 g/mol. The Bertz CT molecular complexity index is 574. The van der Waals surface area contributed by atoms with Crippen molar-refractivity contribution in [2.24, 2.45) is 0 Å². The van der Waals surface area contributed by atoms with Gasteiger partial charge in [0.05, 0.1) is 5.41 Å². The van der Waals surface area contributed by atoms with E-state index in [-0.39, 0.29) is 11.8 Å². The molecule has 1 aromatic carbocycles. The highest BCUT2D eigenvalue weighted by atomic mass is 16.2. The molecule has 0 radical (unpaired) electrons. The molecule has 3 rings (SSSR count). The first-order valence-electron chi connectivity index (χ1n) is 6.65. The van der Waals surface area contributed by atoms with E-state index in [4.69, 9.17) is 0 Å². The van der Waals surface area contributed by atoms with E-state index in [2.05, 4.69) is 5.32 Å². The molecule has 2 aliphatic rings. The molecule has 0 atom stereocenters. The van der Waals surface area contributed by atoms with Gasteiger partial charge in [-0.1, -0.05) is 0 Å². The first kappa shape index (κ1) is 12.2. The molecule has 1 aromatic rings. The molecule has 1 aliphatic carbocycles. The first-order valence-corrected chi connectivity index (χ1v) is 6.65. The van der Waals surface area contributed by atoms with Gasteiger partial charge in [0.2, 0.25) is 5.91 Å². The lowest BCUT2D eigenvalue weighted by atomic mass is 9.85. The maximum absolute atomic E-state index is 12.2. The quantitative estimate of drug-likeness (QED) is 0.880. The molecule has 1 saturated carbocycles. The van der Waals surface area contributed by atoms with Crippen molar-refractivity contribution in [3.05, 3.63) is 29.3 Å². The second-order valence-electron chi connectivity index (χ2n) is 5.97. The number of anilines is 1. The summed E-state index contributed by atoms with van der Waals surface area (Å²) in [5, 5.41) is 2.97. The Morgan fingerprint density at radius 1 is 1.37 bits per heavy atom. The molecule has 0 bridgehead atoms. The van der Waals surface area contributed by atoms with Crippen LogP contribution in [-0.4, -0.2) is 24.9 Å². The van der Waals surface area contributed by atoms with Crippen molar-refractivity contribution < 1.29 is 9.59 Å². The van der Waals surface area contributed by atoms with Crippen molar-refractivity contribution in [2.45, 2.75) is 38.1 Å². The van der Waals surface area contributed by atoms with Gasteiger partial charge in [-0.3, -0.25) is 9.59 Å². The number of rotatable bonds is 2. The summed E-state index contributed by atoms with van der Waals surface area (Å²) in [6, 6.07) is 5.86. The second-order valence-corrected chi connectivity index (χ2v) is 5.97. The minimum atomic E-state index is -0.556. The molecule has 1 fully saturated rings. The Morgan fingerprint density at radius 3 is 2.68 bits per heavy atom. The molecular weight excluding hydrogens is 240 g/mol. The van der Waals surface area contributed by atoms with Crippen molar-refractivity contribution in [1.29, 1.82) is 0 Å². The van der Waals surface area contributed by atoms with Gasteiger partial charge in [-0.15, -0.1) is 0 Å². The lowest BCUT2D eigenvalue weighted by Crippen LogP contribution is -2.33. The molecule has 0 unspecified atom stereocenters. The average Bonchev–Trinajstić information content (AvgIpc) is 3.17. The van der Waals surface area contributed by atoms with Crippen molar-refractivity contribution in [1.82, 2.24) is 5.32 Å². The van der Waals surface area contributed by atoms with Crippen LogP contribution in [0.5, 0.6) is 0 Å². The number of nitrogens with zero attached hydrogens (tertiary/aromatic N) is 1. The van der Waals surface area contributed by atoms with E-state index in [0.717, 1.165) is 24.1 Å². The maximum atomic E-state index is 12.2. The van der Waals surface area contributed by atoms with Crippen LogP contribution in [0.25, 0.3) is 0 Å². The molecule has 19 heavy (non-hydrogen) atoms. The summed E-state index contributed by atoms with van der Waals surface area (Å²) >= 11 is 0. The number of amides is 2. The molecule has 2 amide bonds. The van der Waals surface area contributed by atoms with E-state index in [9.17, 15) is 9.59 Å². The highest BCUT2D eigenvalue weighted by molar-refractivity contribution is 6.08. The molecule has 4 nitrogen and oxygen atoms in total. The summed E-state index contributed by atoms with van der Waals surface area (Å²) in [5.41, 5.74) is 1.92. The predicted molar refractivity (Wildman–Crippen MR) is 73.4 cm³/mol. The number of carbonyl (C=O) groups excluding carboxylic acids is 2. The zero-order valence-corrected chi connectivity index (χ0v) is 11.5.